The Morgan fingerprint density at radius 1 is 1.24 bits per heavy atom. The molecule has 21 heavy (non-hydrogen) atoms. The van der Waals surface area contributed by atoms with Gasteiger partial charge in [-0.1, -0.05) is 31.8 Å². The van der Waals surface area contributed by atoms with Crippen LogP contribution in [0.3, 0.4) is 0 Å². The molecule has 0 aliphatic heterocycles. The second-order valence-electron chi connectivity index (χ2n) is 7.32. The maximum Gasteiger partial charge on any atom is 0.0273 e. The van der Waals surface area contributed by atoms with E-state index in [-0.39, 0.29) is 5.54 Å². The van der Waals surface area contributed by atoms with Crippen molar-refractivity contribution in [1.29, 1.82) is 0 Å². The van der Waals surface area contributed by atoms with Crippen LogP contribution in [0.1, 0.15) is 69.6 Å². The van der Waals surface area contributed by atoms with Crippen LogP contribution >= 0.6 is 11.3 Å². The van der Waals surface area contributed by atoms with Gasteiger partial charge in [-0.2, -0.15) is 0 Å². The van der Waals surface area contributed by atoms with Crippen molar-refractivity contribution in [3.05, 3.63) is 27.5 Å². The Kier molecular flexibility index (Phi) is 6.07. The van der Waals surface area contributed by atoms with Gasteiger partial charge in [0, 0.05) is 21.8 Å². The Morgan fingerprint density at radius 2 is 1.95 bits per heavy atom. The first-order valence-electron chi connectivity index (χ1n) is 8.52. The Hall–Kier alpha value is -0.600. The second kappa shape index (κ2) is 7.60. The van der Waals surface area contributed by atoms with Crippen molar-refractivity contribution in [3.8, 4) is 0 Å². The van der Waals surface area contributed by atoms with Gasteiger partial charge in [0.15, 0.2) is 0 Å². The second-order valence-corrected chi connectivity index (χ2v) is 8.52. The zero-order chi connectivity index (χ0) is 15.3. The van der Waals surface area contributed by atoms with Crippen molar-refractivity contribution in [2.75, 3.05) is 6.54 Å². The van der Waals surface area contributed by atoms with Crippen molar-refractivity contribution in [1.82, 2.24) is 5.32 Å². The van der Waals surface area contributed by atoms with Crippen molar-refractivity contribution in [3.63, 3.8) is 0 Å². The predicted octanol–water partition coefficient (Wildman–Crippen LogP) is 5.66. The molecule has 1 aliphatic rings. The van der Waals surface area contributed by atoms with Gasteiger partial charge >= 0.3 is 0 Å². The zero-order valence-electron chi connectivity index (χ0n) is 14.2. The molecule has 0 amide bonds. The molecule has 118 valence electrons. The lowest BCUT2D eigenvalue weighted by Gasteiger charge is -2.28. The number of rotatable bonds is 5. The van der Waals surface area contributed by atoms with E-state index in [0.29, 0.717) is 0 Å². The monoisotopic (exact) mass is 305 g/mol. The van der Waals surface area contributed by atoms with Crippen LogP contribution in [0.2, 0.25) is 0 Å². The maximum absolute atomic E-state index is 3.70. The third kappa shape index (κ3) is 5.60. The molecule has 1 aromatic heterocycles. The lowest BCUT2D eigenvalue weighted by molar-refractivity contribution is 0.378. The van der Waals surface area contributed by atoms with Gasteiger partial charge in [0.05, 0.1) is 0 Å². The van der Waals surface area contributed by atoms with Crippen molar-refractivity contribution < 1.29 is 0 Å². The Balaban J connectivity index is 2.13. The lowest BCUT2D eigenvalue weighted by atomic mass is 9.83. The van der Waals surface area contributed by atoms with E-state index >= 15 is 0 Å². The van der Waals surface area contributed by atoms with E-state index < -0.39 is 0 Å². The molecule has 0 bridgehead atoms. The fourth-order valence-electron chi connectivity index (χ4n) is 3.00. The molecular formula is C19H31NS. The average molecular weight is 306 g/mol. The molecule has 1 N–H and O–H groups in total. The van der Waals surface area contributed by atoms with E-state index in [9.17, 15) is 0 Å². The summed E-state index contributed by atoms with van der Waals surface area (Å²) in [7, 11) is 0. The van der Waals surface area contributed by atoms with Crippen molar-refractivity contribution >= 4 is 17.4 Å². The van der Waals surface area contributed by atoms with Crippen LogP contribution in [0.25, 0.3) is 6.08 Å². The Morgan fingerprint density at radius 3 is 2.52 bits per heavy atom. The van der Waals surface area contributed by atoms with Gasteiger partial charge in [-0.25, -0.2) is 0 Å². The highest BCUT2D eigenvalue weighted by Crippen LogP contribution is 2.32. The summed E-state index contributed by atoms with van der Waals surface area (Å²) in [6, 6.07) is 4.58. The molecule has 0 radical (unpaired) electrons. The molecule has 1 saturated carbocycles. The van der Waals surface area contributed by atoms with Crippen LogP contribution < -0.4 is 5.32 Å². The van der Waals surface area contributed by atoms with Gasteiger partial charge in [-0.05, 0) is 64.2 Å². The predicted molar refractivity (Wildman–Crippen MR) is 96.0 cm³/mol. The number of thiophene rings is 1. The molecule has 0 atom stereocenters. The number of aryl methyl sites for hydroxylation is 1. The highest BCUT2D eigenvalue weighted by atomic mass is 32.1. The van der Waals surface area contributed by atoms with Crippen LogP contribution in [0.4, 0.5) is 0 Å². The first-order chi connectivity index (χ1) is 9.98. The van der Waals surface area contributed by atoms with Gasteiger partial charge < -0.3 is 5.32 Å². The van der Waals surface area contributed by atoms with Crippen molar-refractivity contribution in [2.24, 2.45) is 5.92 Å². The number of nitrogens with one attached hydrogen (secondary N) is 1. The topological polar surface area (TPSA) is 12.0 Å². The normalized spacial score (nSPS) is 18.2. The van der Waals surface area contributed by atoms with Crippen LogP contribution in [-0.4, -0.2) is 12.1 Å². The molecule has 1 nitrogen and oxygen atoms in total. The molecule has 1 fully saturated rings. The Bertz CT molecular complexity index is 458. The molecule has 1 aliphatic carbocycles. The minimum absolute atomic E-state index is 0.192. The molecule has 2 rings (SSSR count). The molecule has 0 aromatic carbocycles. The number of hydrogen-bond acceptors (Lipinski definition) is 2. The molecular weight excluding hydrogens is 274 g/mol. The van der Waals surface area contributed by atoms with E-state index in [1.807, 2.05) is 11.3 Å². The fourth-order valence-corrected chi connectivity index (χ4v) is 3.93. The quantitative estimate of drug-likeness (QED) is 0.740. The SMILES string of the molecule is CCc1ccc(/C=C(/CNC(C)(C)C)C2CCCCC2)s1. The summed E-state index contributed by atoms with van der Waals surface area (Å²) >= 11 is 1.95. The Labute approximate surface area is 134 Å². The average Bonchev–Trinajstić information content (AvgIpc) is 2.91. The summed E-state index contributed by atoms with van der Waals surface area (Å²) in [6.45, 7) is 10.0. The van der Waals surface area contributed by atoms with Crippen molar-refractivity contribution in [2.45, 2.75) is 71.8 Å². The van der Waals surface area contributed by atoms with Crippen LogP contribution in [0.5, 0.6) is 0 Å². The van der Waals surface area contributed by atoms with E-state index in [1.54, 1.807) is 5.57 Å². The van der Waals surface area contributed by atoms with Crippen LogP contribution in [0.15, 0.2) is 17.7 Å². The van der Waals surface area contributed by atoms with Crippen LogP contribution in [-0.2, 0) is 6.42 Å². The molecule has 2 heteroatoms. The van der Waals surface area contributed by atoms with E-state index in [4.69, 9.17) is 0 Å². The lowest BCUT2D eigenvalue weighted by Crippen LogP contribution is -2.38. The van der Waals surface area contributed by atoms with E-state index in [1.165, 1.54) is 41.9 Å². The summed E-state index contributed by atoms with van der Waals surface area (Å²) in [5.74, 6) is 0.792. The summed E-state index contributed by atoms with van der Waals surface area (Å²) in [5.41, 5.74) is 1.81. The number of hydrogen-bond donors (Lipinski definition) is 1. The molecule has 1 aromatic rings. The van der Waals surface area contributed by atoms with Gasteiger partial charge in [-0.15, -0.1) is 11.3 Å². The summed E-state index contributed by atoms with van der Waals surface area (Å²) in [5, 5.41) is 3.70. The minimum Gasteiger partial charge on any atom is -0.308 e. The van der Waals surface area contributed by atoms with Gasteiger partial charge in [0.25, 0.3) is 0 Å². The molecule has 0 unspecified atom stereocenters. The molecule has 0 saturated heterocycles. The summed E-state index contributed by atoms with van der Waals surface area (Å²) in [4.78, 5) is 2.93. The van der Waals surface area contributed by atoms with Crippen LogP contribution in [0, 0.1) is 5.92 Å². The maximum atomic E-state index is 3.70. The van der Waals surface area contributed by atoms with E-state index in [0.717, 1.165) is 18.9 Å². The highest BCUT2D eigenvalue weighted by molar-refractivity contribution is 7.12. The first kappa shape index (κ1) is 16.8. The first-order valence-corrected chi connectivity index (χ1v) is 9.34. The molecule has 0 spiro atoms. The smallest absolute Gasteiger partial charge is 0.0273 e. The van der Waals surface area contributed by atoms with Gasteiger partial charge in [-0.3, -0.25) is 0 Å². The standard InChI is InChI=1S/C19H31NS/c1-5-17-11-12-18(21-17)13-16(14-20-19(2,3)4)15-9-7-6-8-10-15/h11-13,15,20H,5-10,14H2,1-4H3/b16-13-. The fraction of sp³-hybridized carbons (Fsp3) is 0.684. The summed E-state index contributed by atoms with van der Waals surface area (Å²) in [6.07, 6.45) is 10.6. The van der Waals surface area contributed by atoms with Gasteiger partial charge in [0.1, 0.15) is 0 Å². The minimum atomic E-state index is 0.192. The zero-order valence-corrected chi connectivity index (χ0v) is 15.0. The summed E-state index contributed by atoms with van der Waals surface area (Å²) < 4.78 is 0. The van der Waals surface area contributed by atoms with Gasteiger partial charge in [0.2, 0.25) is 0 Å². The molecule has 1 heterocycles. The highest BCUT2D eigenvalue weighted by Gasteiger charge is 2.19. The van der Waals surface area contributed by atoms with E-state index in [2.05, 4.69) is 51.2 Å². The third-order valence-corrected chi connectivity index (χ3v) is 5.49. The third-order valence-electron chi connectivity index (χ3n) is 4.31. The largest absolute Gasteiger partial charge is 0.308 e.